The smallest absolute Gasteiger partial charge is 0.339 e. The van der Waals surface area contributed by atoms with E-state index in [1.807, 2.05) is 42.5 Å². The third kappa shape index (κ3) is 4.54. The third-order valence-electron chi connectivity index (χ3n) is 3.72. The van der Waals surface area contributed by atoms with E-state index < -0.39 is 5.97 Å². The molecule has 0 bridgehead atoms. The first-order chi connectivity index (χ1) is 12.7. The summed E-state index contributed by atoms with van der Waals surface area (Å²) in [5.41, 5.74) is 1.96. The minimum atomic E-state index is -1.02. The number of para-hydroxylation sites is 1. The first-order valence-corrected chi connectivity index (χ1v) is 9.59. The minimum absolute atomic E-state index is 0.125. The largest absolute Gasteiger partial charge is 0.493 e. The fourth-order valence-electron chi connectivity index (χ4n) is 2.48. The Hall–Kier alpha value is -2.54. The van der Waals surface area contributed by atoms with Gasteiger partial charge in [0, 0.05) is 4.43 Å². The number of benzene rings is 3. The maximum absolute atomic E-state index is 11.5. The Kier molecular flexibility index (Phi) is 6.12. The van der Waals surface area contributed by atoms with Crippen molar-refractivity contribution in [3.63, 3.8) is 0 Å². The van der Waals surface area contributed by atoms with E-state index in [1.165, 1.54) is 0 Å². The zero-order valence-electron chi connectivity index (χ0n) is 13.9. The molecule has 0 aliphatic heterocycles. The number of hydrogen-bond donors (Lipinski definition) is 1. The molecule has 0 aliphatic rings. The fourth-order valence-corrected chi connectivity index (χ4v) is 2.70. The molecule has 0 atom stereocenters. The average molecular weight is 460 g/mol. The van der Waals surface area contributed by atoms with Crippen LogP contribution in [-0.4, -0.2) is 22.1 Å². The number of ether oxygens (including phenoxy) is 2. The third-order valence-corrected chi connectivity index (χ3v) is 4.16. The molecule has 0 spiro atoms. The van der Waals surface area contributed by atoms with Crippen LogP contribution in [0.1, 0.15) is 10.4 Å². The molecule has 0 saturated heterocycles. The summed E-state index contributed by atoms with van der Waals surface area (Å²) in [5.74, 6) is 0.694. The molecule has 3 aromatic rings. The lowest BCUT2D eigenvalue weighted by atomic mass is 10.0. The summed E-state index contributed by atoms with van der Waals surface area (Å²) in [6.07, 6.45) is 0. The zero-order chi connectivity index (χ0) is 18.4. The first-order valence-electron chi connectivity index (χ1n) is 8.07. The Morgan fingerprint density at radius 2 is 1.58 bits per heavy atom. The Labute approximate surface area is 165 Å². The highest BCUT2D eigenvalue weighted by Crippen LogP contribution is 2.31. The van der Waals surface area contributed by atoms with E-state index in [1.54, 1.807) is 30.3 Å². The summed E-state index contributed by atoms with van der Waals surface area (Å²) in [6.45, 7) is 0.669. The molecule has 0 unspecified atom stereocenters. The Morgan fingerprint density at radius 1 is 0.885 bits per heavy atom. The van der Waals surface area contributed by atoms with Crippen molar-refractivity contribution in [2.24, 2.45) is 0 Å². The van der Waals surface area contributed by atoms with Gasteiger partial charge in [-0.25, -0.2) is 4.79 Å². The molecule has 4 nitrogen and oxygen atoms in total. The number of halogens is 1. The predicted molar refractivity (Wildman–Crippen MR) is 110 cm³/mol. The summed E-state index contributed by atoms with van der Waals surface area (Å²) < 4.78 is 12.3. The number of aromatic carboxylic acids is 1. The fraction of sp³-hybridized carbons (Fsp3) is 0.0952. The van der Waals surface area contributed by atoms with Crippen molar-refractivity contribution in [1.29, 1.82) is 0 Å². The molecule has 0 radical (unpaired) electrons. The second-order valence-corrected chi connectivity index (χ2v) is 6.57. The monoisotopic (exact) mass is 460 g/mol. The second kappa shape index (κ2) is 8.71. The van der Waals surface area contributed by atoms with Crippen LogP contribution < -0.4 is 9.47 Å². The van der Waals surface area contributed by atoms with Crippen molar-refractivity contribution in [2.75, 3.05) is 11.0 Å². The molecule has 3 aromatic carbocycles. The summed E-state index contributed by atoms with van der Waals surface area (Å²) in [6, 6.07) is 21.9. The molecule has 1 N–H and O–H groups in total. The molecule has 132 valence electrons. The van der Waals surface area contributed by atoms with Crippen LogP contribution in [0.5, 0.6) is 17.2 Å². The topological polar surface area (TPSA) is 55.8 Å². The molecule has 0 aromatic heterocycles. The quantitative estimate of drug-likeness (QED) is 0.365. The van der Waals surface area contributed by atoms with Crippen LogP contribution in [-0.2, 0) is 0 Å². The van der Waals surface area contributed by atoms with Gasteiger partial charge in [0.25, 0.3) is 0 Å². The number of carboxylic acids is 1. The SMILES string of the molecule is O=C(O)c1ccc(-c2ccc(OCCI)cc2)cc1Oc1ccccc1. The number of rotatable bonds is 7. The maximum Gasteiger partial charge on any atom is 0.339 e. The highest BCUT2D eigenvalue weighted by atomic mass is 127. The first kappa shape index (κ1) is 18.3. The van der Waals surface area contributed by atoms with E-state index in [-0.39, 0.29) is 5.56 Å². The van der Waals surface area contributed by atoms with Crippen LogP contribution in [0, 0.1) is 0 Å². The van der Waals surface area contributed by atoms with Gasteiger partial charge in [-0.2, -0.15) is 0 Å². The van der Waals surface area contributed by atoms with E-state index in [0.717, 1.165) is 21.3 Å². The van der Waals surface area contributed by atoms with Crippen LogP contribution in [0.2, 0.25) is 0 Å². The lowest BCUT2D eigenvalue weighted by Crippen LogP contribution is -2.00. The summed E-state index contributed by atoms with van der Waals surface area (Å²) in [7, 11) is 0. The molecule has 3 rings (SSSR count). The van der Waals surface area contributed by atoms with Crippen LogP contribution in [0.15, 0.2) is 72.8 Å². The van der Waals surface area contributed by atoms with Crippen molar-refractivity contribution in [2.45, 2.75) is 0 Å². The molecular formula is C21H17IO4. The highest BCUT2D eigenvalue weighted by molar-refractivity contribution is 14.1. The van der Waals surface area contributed by atoms with E-state index in [0.29, 0.717) is 18.1 Å². The van der Waals surface area contributed by atoms with Crippen LogP contribution in [0.4, 0.5) is 0 Å². The molecule has 0 aliphatic carbocycles. The van der Waals surface area contributed by atoms with Gasteiger partial charge in [0.2, 0.25) is 0 Å². The van der Waals surface area contributed by atoms with E-state index in [2.05, 4.69) is 22.6 Å². The Morgan fingerprint density at radius 3 is 2.23 bits per heavy atom. The summed E-state index contributed by atoms with van der Waals surface area (Å²) in [4.78, 5) is 11.5. The molecule has 0 fully saturated rings. The molecule has 26 heavy (non-hydrogen) atoms. The van der Waals surface area contributed by atoms with Crippen LogP contribution in [0.3, 0.4) is 0 Å². The molecule has 0 saturated carbocycles. The van der Waals surface area contributed by atoms with Crippen LogP contribution >= 0.6 is 22.6 Å². The number of carbonyl (C=O) groups is 1. The van der Waals surface area contributed by atoms with Crippen molar-refractivity contribution in [3.05, 3.63) is 78.4 Å². The normalized spacial score (nSPS) is 10.3. The lowest BCUT2D eigenvalue weighted by molar-refractivity contribution is 0.0694. The van der Waals surface area contributed by atoms with Gasteiger partial charge < -0.3 is 14.6 Å². The second-order valence-electron chi connectivity index (χ2n) is 5.49. The standard InChI is InChI=1S/C21H17IO4/c22-12-13-25-17-9-6-15(7-10-17)16-8-11-19(21(23)24)20(14-16)26-18-4-2-1-3-5-18/h1-11,14H,12-13H2,(H,23,24). The van der Waals surface area contributed by atoms with E-state index in [9.17, 15) is 9.90 Å². The summed E-state index contributed by atoms with van der Waals surface area (Å²) in [5, 5.41) is 9.43. The van der Waals surface area contributed by atoms with Gasteiger partial charge >= 0.3 is 5.97 Å². The maximum atomic E-state index is 11.5. The number of hydrogen-bond acceptors (Lipinski definition) is 3. The van der Waals surface area contributed by atoms with Gasteiger partial charge in [0.15, 0.2) is 0 Å². The average Bonchev–Trinajstić information content (AvgIpc) is 2.67. The van der Waals surface area contributed by atoms with Gasteiger partial charge in [0.05, 0.1) is 6.61 Å². The Balaban J connectivity index is 1.91. The Bertz CT molecular complexity index is 876. The minimum Gasteiger partial charge on any atom is -0.493 e. The van der Waals surface area contributed by atoms with Crippen molar-refractivity contribution >= 4 is 28.6 Å². The molecule has 0 heterocycles. The zero-order valence-corrected chi connectivity index (χ0v) is 16.0. The van der Waals surface area contributed by atoms with Gasteiger partial charge in [-0.05, 0) is 47.5 Å². The van der Waals surface area contributed by atoms with E-state index >= 15 is 0 Å². The van der Waals surface area contributed by atoms with Gasteiger partial charge in [-0.1, -0.05) is 59.0 Å². The number of carboxylic acid groups (broad SMARTS) is 1. The van der Waals surface area contributed by atoms with Gasteiger partial charge in [-0.15, -0.1) is 0 Å². The predicted octanol–water partition coefficient (Wildman–Crippen LogP) is 5.66. The van der Waals surface area contributed by atoms with Gasteiger partial charge in [0.1, 0.15) is 22.8 Å². The highest BCUT2D eigenvalue weighted by Gasteiger charge is 2.14. The number of alkyl halides is 1. The van der Waals surface area contributed by atoms with Crippen molar-refractivity contribution < 1.29 is 19.4 Å². The molecular weight excluding hydrogens is 443 g/mol. The van der Waals surface area contributed by atoms with Gasteiger partial charge in [-0.3, -0.25) is 0 Å². The molecule has 5 heteroatoms. The van der Waals surface area contributed by atoms with Crippen molar-refractivity contribution in [3.8, 4) is 28.4 Å². The van der Waals surface area contributed by atoms with Crippen molar-refractivity contribution in [1.82, 2.24) is 0 Å². The lowest BCUT2D eigenvalue weighted by Gasteiger charge is -2.11. The van der Waals surface area contributed by atoms with Crippen LogP contribution in [0.25, 0.3) is 11.1 Å². The summed E-state index contributed by atoms with van der Waals surface area (Å²) >= 11 is 2.26. The molecule has 0 amide bonds. The van der Waals surface area contributed by atoms with E-state index in [4.69, 9.17) is 9.47 Å².